The van der Waals surface area contributed by atoms with Crippen LogP contribution in [0.25, 0.3) is 11.0 Å². The Bertz CT molecular complexity index is 689. The van der Waals surface area contributed by atoms with Crippen molar-refractivity contribution in [2.24, 2.45) is 0 Å². The maximum absolute atomic E-state index is 12.3. The van der Waals surface area contributed by atoms with Crippen LogP contribution in [0.2, 0.25) is 0 Å². The molecule has 0 unspecified atom stereocenters. The highest BCUT2D eigenvalue weighted by Gasteiger charge is 2.18. The summed E-state index contributed by atoms with van der Waals surface area (Å²) in [5.74, 6) is 1.31. The normalized spacial score (nSPS) is 15.4. The predicted octanol–water partition coefficient (Wildman–Crippen LogP) is 2.25. The number of rotatable bonds is 6. The molecule has 3 rings (SSSR count). The Morgan fingerprint density at radius 2 is 2.04 bits per heavy atom. The van der Waals surface area contributed by atoms with Gasteiger partial charge < -0.3 is 19.5 Å². The minimum atomic E-state index is 0.260. The van der Waals surface area contributed by atoms with E-state index in [2.05, 4.69) is 36.3 Å². The number of para-hydroxylation sites is 1. The first kappa shape index (κ1) is 17.0. The van der Waals surface area contributed by atoms with Gasteiger partial charge in [0.25, 0.3) is 0 Å². The third kappa shape index (κ3) is 3.79. The molecule has 1 aromatic carbocycles. The summed E-state index contributed by atoms with van der Waals surface area (Å²) in [5, 5.41) is 4.47. The van der Waals surface area contributed by atoms with Gasteiger partial charge >= 0.3 is 0 Å². The van der Waals surface area contributed by atoms with Crippen molar-refractivity contribution in [1.29, 1.82) is 0 Å². The highest BCUT2D eigenvalue weighted by Crippen LogP contribution is 2.27. The molecular weight excluding hydrogens is 302 g/mol. The van der Waals surface area contributed by atoms with Gasteiger partial charge in [0.05, 0.1) is 0 Å². The second-order valence-electron chi connectivity index (χ2n) is 6.47. The largest absolute Gasteiger partial charge is 0.461 e. The van der Waals surface area contributed by atoms with Gasteiger partial charge in [-0.15, -0.1) is 0 Å². The van der Waals surface area contributed by atoms with Gasteiger partial charge in [0.2, 0.25) is 5.91 Å². The quantitative estimate of drug-likeness (QED) is 0.883. The minimum absolute atomic E-state index is 0.260. The van der Waals surface area contributed by atoms with E-state index in [1.54, 1.807) is 0 Å². The summed E-state index contributed by atoms with van der Waals surface area (Å²) in [6.07, 6.45) is 1.46. The van der Waals surface area contributed by atoms with Crippen LogP contribution in [0.15, 0.2) is 28.7 Å². The highest BCUT2D eigenvalue weighted by atomic mass is 16.3. The molecule has 1 fully saturated rings. The number of amides is 1. The Labute approximate surface area is 143 Å². The monoisotopic (exact) mass is 329 g/mol. The molecule has 0 saturated carbocycles. The molecular formula is C19H27N3O2. The smallest absolute Gasteiger partial charge is 0.223 e. The summed E-state index contributed by atoms with van der Waals surface area (Å²) in [4.78, 5) is 16.5. The molecule has 130 valence electrons. The first-order valence-corrected chi connectivity index (χ1v) is 8.85. The summed E-state index contributed by atoms with van der Waals surface area (Å²) in [6, 6.07) is 8.19. The standard InChI is InChI=1S/C19H27N3O2/c1-3-17-16(15-6-4-5-7-18(15)24-17)14-21(2)11-8-19(23)22-12-9-20-10-13-22/h4-7,20H,3,8-14H2,1-2H3. The molecule has 1 aliphatic heterocycles. The van der Waals surface area contributed by atoms with Crippen molar-refractivity contribution in [2.75, 3.05) is 39.8 Å². The summed E-state index contributed by atoms with van der Waals surface area (Å²) in [6.45, 7) is 7.17. The number of furan rings is 1. The third-order valence-corrected chi connectivity index (χ3v) is 4.71. The third-order valence-electron chi connectivity index (χ3n) is 4.71. The molecule has 1 aromatic heterocycles. The average Bonchev–Trinajstić information content (AvgIpc) is 2.98. The maximum atomic E-state index is 12.3. The van der Waals surface area contributed by atoms with Gasteiger partial charge in [-0.1, -0.05) is 25.1 Å². The van der Waals surface area contributed by atoms with E-state index < -0.39 is 0 Å². The van der Waals surface area contributed by atoms with Gasteiger partial charge in [-0.3, -0.25) is 4.79 Å². The molecule has 1 saturated heterocycles. The fourth-order valence-electron chi connectivity index (χ4n) is 3.32. The number of carbonyl (C=O) groups is 1. The number of benzene rings is 1. The lowest BCUT2D eigenvalue weighted by atomic mass is 10.1. The second-order valence-corrected chi connectivity index (χ2v) is 6.47. The van der Waals surface area contributed by atoms with Crippen molar-refractivity contribution in [3.05, 3.63) is 35.6 Å². The average molecular weight is 329 g/mol. The van der Waals surface area contributed by atoms with E-state index in [1.165, 1.54) is 10.9 Å². The van der Waals surface area contributed by atoms with Crippen LogP contribution in [0.5, 0.6) is 0 Å². The van der Waals surface area contributed by atoms with Crippen molar-refractivity contribution in [3.8, 4) is 0 Å². The lowest BCUT2D eigenvalue weighted by Crippen LogP contribution is -2.47. The molecule has 1 N–H and O–H groups in total. The topological polar surface area (TPSA) is 48.7 Å². The number of nitrogens with one attached hydrogen (secondary N) is 1. The highest BCUT2D eigenvalue weighted by molar-refractivity contribution is 5.82. The van der Waals surface area contributed by atoms with Crippen LogP contribution < -0.4 is 5.32 Å². The number of aryl methyl sites for hydroxylation is 1. The van der Waals surface area contributed by atoms with Gasteiger partial charge in [-0.25, -0.2) is 0 Å². The molecule has 0 bridgehead atoms. The Morgan fingerprint density at radius 1 is 1.29 bits per heavy atom. The maximum Gasteiger partial charge on any atom is 0.223 e. The van der Waals surface area contributed by atoms with Gasteiger partial charge in [0.15, 0.2) is 0 Å². The summed E-state index contributed by atoms with van der Waals surface area (Å²) < 4.78 is 5.96. The number of fused-ring (bicyclic) bond motifs is 1. The van der Waals surface area contributed by atoms with Crippen LogP contribution in [0.1, 0.15) is 24.7 Å². The number of piperazine rings is 1. The zero-order valence-corrected chi connectivity index (χ0v) is 14.7. The molecule has 0 atom stereocenters. The van der Waals surface area contributed by atoms with Crippen LogP contribution in [-0.2, 0) is 17.8 Å². The van der Waals surface area contributed by atoms with Crippen molar-refractivity contribution in [2.45, 2.75) is 26.3 Å². The van der Waals surface area contributed by atoms with Gasteiger partial charge in [-0.2, -0.15) is 0 Å². The van der Waals surface area contributed by atoms with E-state index >= 15 is 0 Å². The number of hydrogen-bond acceptors (Lipinski definition) is 4. The predicted molar refractivity (Wildman–Crippen MR) is 96.0 cm³/mol. The lowest BCUT2D eigenvalue weighted by molar-refractivity contribution is -0.132. The Morgan fingerprint density at radius 3 is 2.79 bits per heavy atom. The van der Waals surface area contributed by atoms with Gasteiger partial charge in [0, 0.05) is 63.1 Å². The van der Waals surface area contributed by atoms with E-state index in [9.17, 15) is 4.79 Å². The zero-order chi connectivity index (χ0) is 16.9. The first-order chi connectivity index (χ1) is 11.7. The van der Waals surface area contributed by atoms with Crippen LogP contribution in [0.4, 0.5) is 0 Å². The summed E-state index contributed by atoms with van der Waals surface area (Å²) >= 11 is 0. The number of nitrogens with zero attached hydrogens (tertiary/aromatic N) is 2. The first-order valence-electron chi connectivity index (χ1n) is 8.85. The van der Waals surface area contributed by atoms with Crippen molar-refractivity contribution in [1.82, 2.24) is 15.1 Å². The van der Waals surface area contributed by atoms with Crippen LogP contribution in [0.3, 0.4) is 0 Å². The van der Waals surface area contributed by atoms with Gasteiger partial charge in [0.1, 0.15) is 11.3 Å². The Balaban J connectivity index is 1.60. The molecule has 2 heterocycles. The number of hydrogen-bond donors (Lipinski definition) is 1. The lowest BCUT2D eigenvalue weighted by Gasteiger charge is -2.28. The fourth-order valence-corrected chi connectivity index (χ4v) is 3.32. The molecule has 0 radical (unpaired) electrons. The summed E-state index contributed by atoms with van der Waals surface area (Å²) in [5.41, 5.74) is 2.21. The SMILES string of the molecule is CCc1oc2ccccc2c1CN(C)CCC(=O)N1CCNCC1. The van der Waals surface area contributed by atoms with Crippen molar-refractivity contribution < 1.29 is 9.21 Å². The van der Waals surface area contributed by atoms with E-state index in [0.29, 0.717) is 6.42 Å². The summed E-state index contributed by atoms with van der Waals surface area (Å²) in [7, 11) is 2.08. The van der Waals surface area contributed by atoms with E-state index in [0.717, 1.165) is 57.0 Å². The molecule has 2 aromatic rings. The minimum Gasteiger partial charge on any atom is -0.461 e. The zero-order valence-electron chi connectivity index (χ0n) is 14.7. The van der Waals surface area contributed by atoms with Gasteiger partial charge in [-0.05, 0) is 13.1 Å². The fraction of sp³-hybridized carbons (Fsp3) is 0.526. The molecule has 1 aliphatic rings. The van der Waals surface area contributed by atoms with Crippen LogP contribution >= 0.6 is 0 Å². The van der Waals surface area contributed by atoms with Crippen molar-refractivity contribution in [3.63, 3.8) is 0 Å². The molecule has 5 heteroatoms. The molecule has 0 aliphatic carbocycles. The van der Waals surface area contributed by atoms with Crippen LogP contribution in [0, 0.1) is 0 Å². The number of carbonyl (C=O) groups excluding carboxylic acids is 1. The van der Waals surface area contributed by atoms with E-state index in [1.807, 2.05) is 17.0 Å². The molecule has 5 nitrogen and oxygen atoms in total. The van der Waals surface area contributed by atoms with E-state index in [4.69, 9.17) is 4.42 Å². The molecule has 1 amide bonds. The molecule has 0 spiro atoms. The second kappa shape index (κ2) is 7.81. The van der Waals surface area contributed by atoms with Crippen molar-refractivity contribution >= 4 is 16.9 Å². The Hall–Kier alpha value is -1.85. The Kier molecular flexibility index (Phi) is 5.53. The van der Waals surface area contributed by atoms with E-state index in [-0.39, 0.29) is 5.91 Å². The van der Waals surface area contributed by atoms with Crippen LogP contribution in [-0.4, -0.2) is 55.5 Å². The molecule has 24 heavy (non-hydrogen) atoms.